The molecule has 0 fully saturated rings. The number of aromatic nitrogens is 2. The molecular formula is C32H30N2O. The highest BCUT2D eigenvalue weighted by atomic mass is 16.3. The van der Waals surface area contributed by atoms with Crippen LogP contribution in [-0.2, 0) is 12.8 Å². The zero-order valence-electron chi connectivity index (χ0n) is 20.6. The summed E-state index contributed by atoms with van der Waals surface area (Å²) in [7, 11) is 0. The maximum atomic E-state index is 6.46. The van der Waals surface area contributed by atoms with Gasteiger partial charge in [0.1, 0.15) is 17.0 Å². The Hall–Kier alpha value is -3.85. The highest BCUT2D eigenvalue weighted by Gasteiger charge is 2.19. The van der Waals surface area contributed by atoms with E-state index in [9.17, 15) is 0 Å². The molecule has 35 heavy (non-hydrogen) atoms. The van der Waals surface area contributed by atoms with Gasteiger partial charge in [0.25, 0.3) is 0 Å². The summed E-state index contributed by atoms with van der Waals surface area (Å²) in [5.74, 6) is 0.968. The number of rotatable bonds is 6. The van der Waals surface area contributed by atoms with Gasteiger partial charge in [-0.05, 0) is 59.9 Å². The van der Waals surface area contributed by atoms with E-state index in [4.69, 9.17) is 9.40 Å². The van der Waals surface area contributed by atoms with Crippen LogP contribution in [0.3, 0.4) is 0 Å². The second kappa shape index (κ2) is 8.74. The third kappa shape index (κ3) is 3.54. The molecule has 3 nitrogen and oxygen atoms in total. The molecule has 0 amide bonds. The van der Waals surface area contributed by atoms with Gasteiger partial charge in [0.15, 0.2) is 0 Å². The van der Waals surface area contributed by atoms with Gasteiger partial charge in [-0.1, -0.05) is 75.2 Å². The SMILES string of the molecule is CCCc1cccc(CCC)c1-n1ccnc1-c1ccc2c(oc3cc4ccccc4cc32)c1C. The van der Waals surface area contributed by atoms with Gasteiger partial charge in [0.2, 0.25) is 0 Å². The van der Waals surface area contributed by atoms with Crippen molar-refractivity contribution in [2.24, 2.45) is 0 Å². The van der Waals surface area contributed by atoms with E-state index in [2.05, 4.69) is 98.3 Å². The van der Waals surface area contributed by atoms with Crippen LogP contribution in [-0.4, -0.2) is 9.55 Å². The third-order valence-electron chi connectivity index (χ3n) is 7.12. The van der Waals surface area contributed by atoms with Gasteiger partial charge in [-0.2, -0.15) is 0 Å². The molecule has 0 aliphatic rings. The molecule has 0 aliphatic heterocycles. The van der Waals surface area contributed by atoms with Crippen LogP contribution in [0.2, 0.25) is 0 Å². The number of fused-ring (bicyclic) bond motifs is 4. The number of hydrogen-bond acceptors (Lipinski definition) is 2. The van der Waals surface area contributed by atoms with Gasteiger partial charge in [0.05, 0.1) is 5.69 Å². The molecule has 0 aliphatic carbocycles. The highest BCUT2D eigenvalue weighted by molar-refractivity contribution is 6.11. The quantitative estimate of drug-likeness (QED) is 0.250. The number of nitrogens with zero attached hydrogens (tertiary/aromatic N) is 2. The first kappa shape index (κ1) is 21.7. The molecule has 2 heterocycles. The van der Waals surface area contributed by atoms with Gasteiger partial charge < -0.3 is 4.42 Å². The Labute approximate surface area is 206 Å². The fraction of sp³-hybridized carbons (Fsp3) is 0.219. The normalized spacial score (nSPS) is 11.7. The maximum absolute atomic E-state index is 6.46. The first-order valence-electron chi connectivity index (χ1n) is 12.7. The topological polar surface area (TPSA) is 31.0 Å². The molecule has 3 heteroatoms. The van der Waals surface area contributed by atoms with Crippen molar-refractivity contribution in [3.63, 3.8) is 0 Å². The Morgan fingerprint density at radius 3 is 2.23 bits per heavy atom. The number of hydrogen-bond donors (Lipinski definition) is 0. The lowest BCUT2D eigenvalue weighted by molar-refractivity contribution is 0.666. The number of para-hydroxylation sites is 1. The first-order chi connectivity index (χ1) is 17.2. The van der Waals surface area contributed by atoms with Crippen LogP contribution in [0.15, 0.2) is 83.5 Å². The Balaban J connectivity index is 1.56. The summed E-state index contributed by atoms with van der Waals surface area (Å²) in [5.41, 5.74) is 8.16. The predicted molar refractivity (Wildman–Crippen MR) is 147 cm³/mol. The summed E-state index contributed by atoms with van der Waals surface area (Å²) in [6.07, 6.45) is 8.37. The van der Waals surface area contributed by atoms with E-state index in [1.807, 2.05) is 6.20 Å². The average molecular weight is 459 g/mol. The summed E-state index contributed by atoms with van der Waals surface area (Å²) in [4.78, 5) is 4.85. The molecule has 4 aromatic carbocycles. The fourth-order valence-corrected chi connectivity index (χ4v) is 5.48. The molecule has 174 valence electrons. The Morgan fingerprint density at radius 1 is 0.800 bits per heavy atom. The van der Waals surface area contributed by atoms with Gasteiger partial charge in [0, 0.05) is 34.3 Å². The van der Waals surface area contributed by atoms with Crippen molar-refractivity contribution in [2.75, 3.05) is 0 Å². The van der Waals surface area contributed by atoms with Crippen LogP contribution in [0, 0.1) is 6.92 Å². The standard InChI is InChI=1S/C32H30N2O/c1-4-9-22-13-8-14-23(10-5-2)30(22)34-18-17-33-32(34)26-15-16-27-28-19-24-11-6-7-12-25(24)20-29(28)35-31(27)21(26)3/h6-8,11-20H,4-5,9-10H2,1-3H3. The zero-order valence-corrected chi connectivity index (χ0v) is 20.6. The molecule has 0 radical (unpaired) electrons. The van der Waals surface area contributed by atoms with Crippen molar-refractivity contribution in [3.8, 4) is 17.1 Å². The molecule has 0 saturated carbocycles. The van der Waals surface area contributed by atoms with E-state index >= 15 is 0 Å². The summed E-state index contributed by atoms with van der Waals surface area (Å²) >= 11 is 0. The molecule has 0 atom stereocenters. The number of benzene rings is 4. The molecule has 2 aromatic heterocycles. The van der Waals surface area contributed by atoms with Crippen molar-refractivity contribution >= 4 is 32.7 Å². The molecule has 6 rings (SSSR count). The molecule has 6 aromatic rings. The lowest BCUT2D eigenvalue weighted by Crippen LogP contribution is -2.06. The van der Waals surface area contributed by atoms with Crippen LogP contribution in [0.5, 0.6) is 0 Å². The van der Waals surface area contributed by atoms with Crippen molar-refractivity contribution in [1.82, 2.24) is 9.55 Å². The Bertz CT molecular complexity index is 1660. The van der Waals surface area contributed by atoms with E-state index in [0.717, 1.165) is 64.6 Å². The van der Waals surface area contributed by atoms with Crippen molar-refractivity contribution in [3.05, 3.63) is 95.8 Å². The van der Waals surface area contributed by atoms with Crippen LogP contribution >= 0.6 is 0 Å². The zero-order chi connectivity index (χ0) is 23.9. The van der Waals surface area contributed by atoms with Crippen LogP contribution in [0.1, 0.15) is 43.4 Å². The van der Waals surface area contributed by atoms with E-state index in [1.54, 1.807) is 0 Å². The van der Waals surface area contributed by atoms with E-state index in [-0.39, 0.29) is 0 Å². The summed E-state index contributed by atoms with van der Waals surface area (Å²) in [5, 5.41) is 4.75. The second-order valence-electron chi connectivity index (χ2n) is 9.46. The Kier molecular flexibility index (Phi) is 5.41. The summed E-state index contributed by atoms with van der Waals surface area (Å²) in [6.45, 7) is 6.64. The predicted octanol–water partition coefficient (Wildman–Crippen LogP) is 8.81. The minimum atomic E-state index is 0.931. The van der Waals surface area contributed by atoms with Crippen molar-refractivity contribution in [1.29, 1.82) is 0 Å². The second-order valence-corrected chi connectivity index (χ2v) is 9.46. The van der Waals surface area contributed by atoms with Crippen LogP contribution in [0.25, 0.3) is 49.8 Å². The number of imidazole rings is 1. The summed E-state index contributed by atoms with van der Waals surface area (Å²) < 4.78 is 8.76. The van der Waals surface area contributed by atoms with Crippen molar-refractivity contribution < 1.29 is 4.42 Å². The monoisotopic (exact) mass is 458 g/mol. The largest absolute Gasteiger partial charge is 0.456 e. The molecule has 0 bridgehead atoms. The van der Waals surface area contributed by atoms with Crippen LogP contribution in [0.4, 0.5) is 0 Å². The van der Waals surface area contributed by atoms with Crippen LogP contribution < -0.4 is 0 Å². The van der Waals surface area contributed by atoms with Gasteiger partial charge in [-0.15, -0.1) is 0 Å². The van der Waals surface area contributed by atoms with E-state index < -0.39 is 0 Å². The maximum Gasteiger partial charge on any atom is 0.144 e. The number of furan rings is 1. The molecule has 0 unspecified atom stereocenters. The van der Waals surface area contributed by atoms with Crippen molar-refractivity contribution in [2.45, 2.75) is 46.5 Å². The first-order valence-corrected chi connectivity index (χ1v) is 12.7. The van der Waals surface area contributed by atoms with Gasteiger partial charge in [-0.3, -0.25) is 4.57 Å². The van der Waals surface area contributed by atoms with E-state index in [0.29, 0.717) is 0 Å². The summed E-state index contributed by atoms with van der Waals surface area (Å²) in [6, 6.07) is 24.0. The average Bonchev–Trinajstić information content (AvgIpc) is 3.49. The van der Waals surface area contributed by atoms with Gasteiger partial charge in [-0.25, -0.2) is 4.98 Å². The minimum absolute atomic E-state index is 0.931. The lowest BCUT2D eigenvalue weighted by Gasteiger charge is -2.18. The molecule has 0 spiro atoms. The Morgan fingerprint density at radius 2 is 1.51 bits per heavy atom. The third-order valence-corrected chi connectivity index (χ3v) is 7.12. The fourth-order valence-electron chi connectivity index (χ4n) is 5.48. The molecule has 0 saturated heterocycles. The lowest BCUT2D eigenvalue weighted by atomic mass is 9.99. The molecule has 0 N–H and O–H groups in total. The van der Waals surface area contributed by atoms with Gasteiger partial charge >= 0.3 is 0 Å². The highest BCUT2D eigenvalue weighted by Crippen LogP contribution is 2.38. The van der Waals surface area contributed by atoms with E-state index in [1.165, 1.54) is 27.6 Å². The molecular weight excluding hydrogens is 428 g/mol. The minimum Gasteiger partial charge on any atom is -0.456 e. The smallest absolute Gasteiger partial charge is 0.144 e. The number of aryl methyl sites for hydroxylation is 3.